The molecule has 4 heteroatoms. The second-order valence-corrected chi connectivity index (χ2v) is 8.18. The van der Waals surface area contributed by atoms with Gasteiger partial charge in [0.15, 0.2) is 0 Å². The molecule has 2 N–H and O–H groups in total. The maximum Gasteiger partial charge on any atom is 0.223 e. The largest absolute Gasteiger partial charge is 0.378 e. The first-order valence-corrected chi connectivity index (χ1v) is 9.81. The molecule has 1 atom stereocenters. The van der Waals surface area contributed by atoms with Crippen LogP contribution in [0.3, 0.4) is 0 Å². The van der Waals surface area contributed by atoms with E-state index in [0.29, 0.717) is 18.9 Å². The van der Waals surface area contributed by atoms with E-state index in [1.807, 2.05) is 0 Å². The van der Waals surface area contributed by atoms with Crippen LogP contribution in [0.25, 0.3) is 0 Å². The molecule has 1 unspecified atom stereocenters. The average Bonchev–Trinajstić information content (AvgIpc) is 3.12. The summed E-state index contributed by atoms with van der Waals surface area (Å²) < 4.78 is 0. The van der Waals surface area contributed by atoms with Gasteiger partial charge in [-0.2, -0.15) is 0 Å². The van der Waals surface area contributed by atoms with Crippen molar-refractivity contribution in [3.63, 3.8) is 0 Å². The number of anilines is 1. The van der Waals surface area contributed by atoms with E-state index in [4.69, 9.17) is 5.73 Å². The van der Waals surface area contributed by atoms with Crippen LogP contribution < -0.4 is 10.6 Å². The Kier molecular flexibility index (Phi) is 5.67. The van der Waals surface area contributed by atoms with Crippen molar-refractivity contribution < 1.29 is 4.79 Å². The number of rotatable bonds is 5. The van der Waals surface area contributed by atoms with Crippen molar-refractivity contribution in [3.05, 3.63) is 29.8 Å². The van der Waals surface area contributed by atoms with Crippen molar-refractivity contribution in [1.29, 1.82) is 0 Å². The zero-order valence-electron chi connectivity index (χ0n) is 15.8. The summed E-state index contributed by atoms with van der Waals surface area (Å²) in [4.78, 5) is 17.4. The number of hydrogen-bond donors (Lipinski definition) is 1. The Balaban J connectivity index is 1.74. The van der Waals surface area contributed by atoms with E-state index in [1.165, 1.54) is 30.5 Å². The summed E-state index contributed by atoms with van der Waals surface area (Å²) in [7, 11) is 4.12. The first-order chi connectivity index (χ1) is 12.0. The zero-order chi connectivity index (χ0) is 17.9. The van der Waals surface area contributed by atoms with Crippen molar-refractivity contribution in [2.24, 2.45) is 11.1 Å². The van der Waals surface area contributed by atoms with Crippen LogP contribution in [-0.4, -0.2) is 38.0 Å². The number of benzene rings is 1. The van der Waals surface area contributed by atoms with E-state index in [2.05, 4.69) is 48.2 Å². The molecule has 1 amide bonds. The van der Waals surface area contributed by atoms with Crippen LogP contribution in [0, 0.1) is 5.41 Å². The molecular formula is C21H33N3O. The standard InChI is InChI=1S/C21H33N3O/c1-23(2)18-9-6-8-17(14-18)19-10-7-13-24(19)20(25)15-21(16-22)11-4-3-5-12-21/h6,8-9,14,19H,3-5,7,10-13,15-16,22H2,1-2H3. The van der Waals surface area contributed by atoms with E-state index < -0.39 is 0 Å². The quantitative estimate of drug-likeness (QED) is 0.886. The Morgan fingerprint density at radius 1 is 1.24 bits per heavy atom. The summed E-state index contributed by atoms with van der Waals surface area (Å²) >= 11 is 0. The van der Waals surface area contributed by atoms with Gasteiger partial charge in [-0.05, 0) is 55.3 Å². The van der Waals surface area contributed by atoms with Crippen molar-refractivity contribution in [2.75, 3.05) is 32.1 Å². The minimum Gasteiger partial charge on any atom is -0.378 e. The number of hydrogen-bond acceptors (Lipinski definition) is 3. The third kappa shape index (κ3) is 4.00. The Morgan fingerprint density at radius 2 is 2.00 bits per heavy atom. The van der Waals surface area contributed by atoms with Crippen LogP contribution in [0.2, 0.25) is 0 Å². The molecule has 2 aliphatic rings. The highest BCUT2D eigenvalue weighted by atomic mass is 16.2. The lowest BCUT2D eigenvalue weighted by atomic mass is 9.71. The van der Waals surface area contributed by atoms with Crippen LogP contribution >= 0.6 is 0 Å². The molecule has 1 aromatic rings. The Hall–Kier alpha value is -1.55. The smallest absolute Gasteiger partial charge is 0.223 e. The Morgan fingerprint density at radius 3 is 2.68 bits per heavy atom. The van der Waals surface area contributed by atoms with Gasteiger partial charge < -0.3 is 15.5 Å². The Bertz CT molecular complexity index is 593. The zero-order valence-corrected chi connectivity index (χ0v) is 15.8. The van der Waals surface area contributed by atoms with Crippen molar-refractivity contribution in [3.8, 4) is 0 Å². The molecule has 1 aliphatic carbocycles. The fraction of sp³-hybridized carbons (Fsp3) is 0.667. The molecule has 2 fully saturated rings. The van der Waals surface area contributed by atoms with Gasteiger partial charge in [-0.15, -0.1) is 0 Å². The second-order valence-electron chi connectivity index (χ2n) is 8.18. The van der Waals surface area contributed by atoms with Gasteiger partial charge in [-0.25, -0.2) is 0 Å². The fourth-order valence-electron chi connectivity index (χ4n) is 4.60. The summed E-state index contributed by atoms with van der Waals surface area (Å²) in [5, 5.41) is 0. The molecule has 0 radical (unpaired) electrons. The molecule has 0 bridgehead atoms. The second kappa shape index (κ2) is 7.77. The molecule has 1 aliphatic heterocycles. The van der Waals surface area contributed by atoms with Crippen LogP contribution in [0.5, 0.6) is 0 Å². The maximum absolute atomic E-state index is 13.1. The molecule has 1 saturated heterocycles. The summed E-state index contributed by atoms with van der Waals surface area (Å²) in [6.07, 6.45) is 8.76. The lowest BCUT2D eigenvalue weighted by molar-refractivity contribution is -0.135. The van der Waals surface area contributed by atoms with E-state index in [-0.39, 0.29) is 11.5 Å². The highest BCUT2D eigenvalue weighted by molar-refractivity contribution is 5.78. The van der Waals surface area contributed by atoms with Gasteiger partial charge in [0, 0.05) is 32.7 Å². The number of amides is 1. The van der Waals surface area contributed by atoms with Crippen LogP contribution in [-0.2, 0) is 4.79 Å². The number of carbonyl (C=O) groups excluding carboxylic acids is 1. The molecule has 3 rings (SSSR count). The number of likely N-dealkylation sites (tertiary alicyclic amines) is 1. The lowest BCUT2D eigenvalue weighted by Gasteiger charge is -2.37. The van der Waals surface area contributed by atoms with Gasteiger partial charge in [0.2, 0.25) is 5.91 Å². The third-order valence-corrected chi connectivity index (χ3v) is 6.22. The normalized spacial score (nSPS) is 22.8. The highest BCUT2D eigenvalue weighted by Gasteiger charge is 2.37. The lowest BCUT2D eigenvalue weighted by Crippen LogP contribution is -2.40. The first-order valence-electron chi connectivity index (χ1n) is 9.81. The molecule has 0 aromatic heterocycles. The van der Waals surface area contributed by atoms with Gasteiger partial charge in [0.1, 0.15) is 0 Å². The summed E-state index contributed by atoms with van der Waals surface area (Å²) in [5.41, 5.74) is 8.62. The predicted molar refractivity (Wildman–Crippen MR) is 104 cm³/mol. The van der Waals surface area contributed by atoms with Gasteiger partial charge in [-0.1, -0.05) is 31.4 Å². The molecule has 0 spiro atoms. The van der Waals surface area contributed by atoms with Crippen molar-refractivity contribution in [1.82, 2.24) is 4.90 Å². The van der Waals surface area contributed by atoms with Gasteiger partial charge in [0.25, 0.3) is 0 Å². The highest BCUT2D eigenvalue weighted by Crippen LogP contribution is 2.41. The van der Waals surface area contributed by atoms with E-state index >= 15 is 0 Å². The van der Waals surface area contributed by atoms with Crippen LogP contribution in [0.4, 0.5) is 5.69 Å². The summed E-state index contributed by atoms with van der Waals surface area (Å²) in [6.45, 7) is 1.53. The SMILES string of the molecule is CN(C)c1cccc(C2CCCN2C(=O)CC2(CN)CCCCC2)c1. The van der Waals surface area contributed by atoms with Crippen molar-refractivity contribution >= 4 is 11.6 Å². The predicted octanol–water partition coefficient (Wildman–Crippen LogP) is 3.72. The molecule has 4 nitrogen and oxygen atoms in total. The molecule has 138 valence electrons. The third-order valence-electron chi connectivity index (χ3n) is 6.22. The topological polar surface area (TPSA) is 49.6 Å². The summed E-state index contributed by atoms with van der Waals surface area (Å²) in [6, 6.07) is 8.85. The van der Waals surface area contributed by atoms with Gasteiger partial charge in [0.05, 0.1) is 6.04 Å². The number of carbonyl (C=O) groups is 1. The minimum atomic E-state index is 0.0496. The average molecular weight is 344 g/mol. The molecule has 25 heavy (non-hydrogen) atoms. The molecule has 1 heterocycles. The van der Waals surface area contributed by atoms with E-state index in [1.54, 1.807) is 0 Å². The minimum absolute atomic E-state index is 0.0496. The van der Waals surface area contributed by atoms with Gasteiger partial charge >= 0.3 is 0 Å². The maximum atomic E-state index is 13.1. The van der Waals surface area contributed by atoms with Gasteiger partial charge in [-0.3, -0.25) is 4.79 Å². The number of nitrogens with zero attached hydrogens (tertiary/aromatic N) is 2. The molecular weight excluding hydrogens is 310 g/mol. The fourth-order valence-corrected chi connectivity index (χ4v) is 4.60. The number of nitrogens with two attached hydrogens (primary N) is 1. The van der Waals surface area contributed by atoms with Crippen molar-refractivity contribution in [2.45, 2.75) is 57.4 Å². The van der Waals surface area contributed by atoms with Crippen LogP contribution in [0.15, 0.2) is 24.3 Å². The van der Waals surface area contributed by atoms with E-state index in [0.717, 1.165) is 32.2 Å². The molecule has 1 saturated carbocycles. The summed E-state index contributed by atoms with van der Waals surface area (Å²) in [5.74, 6) is 0.310. The first kappa shape index (κ1) is 18.2. The van der Waals surface area contributed by atoms with Crippen LogP contribution in [0.1, 0.15) is 63.0 Å². The molecule has 1 aromatic carbocycles. The monoisotopic (exact) mass is 343 g/mol. The Labute approximate surface area is 152 Å². The van der Waals surface area contributed by atoms with E-state index in [9.17, 15) is 4.79 Å².